The average Bonchev–Trinajstić information content (AvgIpc) is 2.46. The van der Waals surface area contributed by atoms with E-state index in [1.807, 2.05) is 6.07 Å². The number of nitrogens with two attached hydrogens (primary N) is 1. The van der Waals surface area contributed by atoms with Gasteiger partial charge in [0.15, 0.2) is 0 Å². The summed E-state index contributed by atoms with van der Waals surface area (Å²) in [6.07, 6.45) is 2.48. The molecule has 20 heavy (non-hydrogen) atoms. The normalized spacial score (nSPS) is 18.6. The predicted molar refractivity (Wildman–Crippen MR) is 82.3 cm³/mol. The van der Waals surface area contributed by atoms with Crippen molar-refractivity contribution in [3.8, 4) is 11.8 Å². The Labute approximate surface area is 122 Å². The molecule has 1 saturated heterocycles. The van der Waals surface area contributed by atoms with Crippen LogP contribution in [0.15, 0.2) is 24.3 Å². The van der Waals surface area contributed by atoms with Gasteiger partial charge in [-0.1, -0.05) is 24.0 Å². The number of benzene rings is 1. The second-order valence-electron chi connectivity index (χ2n) is 5.49. The largest absolute Gasteiger partial charge is 0.381 e. The quantitative estimate of drug-likeness (QED) is 0.850. The molecule has 3 nitrogen and oxygen atoms in total. The fourth-order valence-corrected chi connectivity index (χ4v) is 2.67. The molecule has 0 aliphatic carbocycles. The van der Waals surface area contributed by atoms with Crippen LogP contribution >= 0.6 is 0 Å². The summed E-state index contributed by atoms with van der Waals surface area (Å²) in [5, 5.41) is 0. The van der Waals surface area contributed by atoms with Crippen molar-refractivity contribution in [3.63, 3.8) is 0 Å². The molecule has 2 N–H and O–H groups in total. The predicted octanol–water partition coefficient (Wildman–Crippen LogP) is 1.86. The summed E-state index contributed by atoms with van der Waals surface area (Å²) in [5.41, 5.74) is 7.75. The molecule has 1 aromatic carbocycles. The molecular weight excluding hydrogens is 248 g/mol. The molecule has 1 unspecified atom stereocenters. The summed E-state index contributed by atoms with van der Waals surface area (Å²) in [4.78, 5) is 2.37. The van der Waals surface area contributed by atoms with E-state index >= 15 is 0 Å². The zero-order valence-corrected chi connectivity index (χ0v) is 12.3. The number of nitrogens with zero attached hydrogens (tertiary/aromatic N) is 1. The third-order valence-corrected chi connectivity index (χ3v) is 3.54. The van der Waals surface area contributed by atoms with Gasteiger partial charge in [0.25, 0.3) is 0 Å². The van der Waals surface area contributed by atoms with Crippen LogP contribution in [0.3, 0.4) is 0 Å². The minimum Gasteiger partial charge on any atom is -0.381 e. The first-order valence-corrected chi connectivity index (χ1v) is 7.32. The first-order valence-electron chi connectivity index (χ1n) is 7.32. The fraction of sp³-hybridized carbons (Fsp3) is 0.529. The Morgan fingerprint density at radius 3 is 3.10 bits per heavy atom. The molecule has 1 aliphatic rings. The van der Waals surface area contributed by atoms with Gasteiger partial charge in [-0.05, 0) is 43.5 Å². The molecule has 1 atom stereocenters. The summed E-state index contributed by atoms with van der Waals surface area (Å²) in [6.45, 7) is 4.30. The van der Waals surface area contributed by atoms with Gasteiger partial charge < -0.3 is 15.4 Å². The maximum atomic E-state index is 5.54. The van der Waals surface area contributed by atoms with Crippen LogP contribution in [0.25, 0.3) is 0 Å². The molecule has 0 saturated carbocycles. The van der Waals surface area contributed by atoms with Crippen molar-refractivity contribution in [2.24, 2.45) is 11.7 Å². The van der Waals surface area contributed by atoms with E-state index in [1.54, 1.807) is 0 Å². The summed E-state index contributed by atoms with van der Waals surface area (Å²) in [5.74, 6) is 6.66. The molecule has 1 aromatic rings. The Kier molecular flexibility index (Phi) is 6.07. The first-order chi connectivity index (χ1) is 9.78. The van der Waals surface area contributed by atoms with E-state index in [2.05, 4.69) is 42.0 Å². The highest BCUT2D eigenvalue weighted by Gasteiger charge is 2.15. The van der Waals surface area contributed by atoms with Crippen molar-refractivity contribution < 1.29 is 4.74 Å². The standard InChI is InChI=1S/C17H24N2O/c1-19(13-17-8-4-10-20-14-17)12-16-6-2-5-15(11-16)7-3-9-18/h2,5-6,11,17H,4,8-10,12-14,18H2,1H3. The number of hydrogen-bond donors (Lipinski definition) is 1. The van der Waals surface area contributed by atoms with Crippen LogP contribution in [0.2, 0.25) is 0 Å². The smallest absolute Gasteiger partial charge is 0.0555 e. The van der Waals surface area contributed by atoms with Gasteiger partial charge in [-0.15, -0.1) is 0 Å². The molecule has 0 radical (unpaired) electrons. The van der Waals surface area contributed by atoms with Crippen molar-refractivity contribution in [2.75, 3.05) is 33.4 Å². The maximum Gasteiger partial charge on any atom is 0.0555 e. The van der Waals surface area contributed by atoms with Crippen LogP contribution in [-0.2, 0) is 11.3 Å². The van der Waals surface area contributed by atoms with Crippen LogP contribution in [0, 0.1) is 17.8 Å². The van der Waals surface area contributed by atoms with Gasteiger partial charge in [0.1, 0.15) is 0 Å². The fourth-order valence-electron chi connectivity index (χ4n) is 2.67. The molecule has 0 spiro atoms. The minimum absolute atomic E-state index is 0.409. The van der Waals surface area contributed by atoms with Gasteiger partial charge in [-0.3, -0.25) is 0 Å². The van der Waals surface area contributed by atoms with Crippen molar-refractivity contribution in [1.29, 1.82) is 0 Å². The van der Waals surface area contributed by atoms with E-state index in [1.165, 1.54) is 18.4 Å². The highest BCUT2D eigenvalue weighted by Crippen LogP contribution is 2.15. The van der Waals surface area contributed by atoms with E-state index in [4.69, 9.17) is 10.5 Å². The third kappa shape index (κ3) is 4.97. The molecule has 3 heteroatoms. The molecule has 2 rings (SSSR count). The van der Waals surface area contributed by atoms with Crippen LogP contribution in [0.4, 0.5) is 0 Å². The zero-order chi connectivity index (χ0) is 14.2. The lowest BCUT2D eigenvalue weighted by molar-refractivity contribution is 0.0411. The molecule has 1 aliphatic heterocycles. The van der Waals surface area contributed by atoms with Gasteiger partial charge in [-0.25, -0.2) is 0 Å². The lowest BCUT2D eigenvalue weighted by atomic mass is 10.0. The first kappa shape index (κ1) is 15.1. The number of ether oxygens (including phenoxy) is 1. The third-order valence-electron chi connectivity index (χ3n) is 3.54. The Morgan fingerprint density at radius 1 is 1.45 bits per heavy atom. The second kappa shape index (κ2) is 8.06. The molecule has 1 heterocycles. The van der Waals surface area contributed by atoms with Gasteiger partial charge in [0, 0.05) is 25.3 Å². The van der Waals surface area contributed by atoms with Gasteiger partial charge in [0.2, 0.25) is 0 Å². The van der Waals surface area contributed by atoms with Crippen molar-refractivity contribution >= 4 is 0 Å². The van der Waals surface area contributed by atoms with Gasteiger partial charge in [0.05, 0.1) is 13.2 Å². The average molecular weight is 272 g/mol. The molecule has 108 valence electrons. The Morgan fingerprint density at radius 2 is 2.35 bits per heavy atom. The van der Waals surface area contributed by atoms with Crippen molar-refractivity contribution in [3.05, 3.63) is 35.4 Å². The summed E-state index contributed by atoms with van der Waals surface area (Å²) in [6, 6.07) is 8.40. The van der Waals surface area contributed by atoms with Crippen LogP contribution in [0.1, 0.15) is 24.0 Å². The molecule has 1 fully saturated rings. The molecule has 0 bridgehead atoms. The lowest BCUT2D eigenvalue weighted by Crippen LogP contribution is -2.30. The van der Waals surface area contributed by atoms with E-state index in [-0.39, 0.29) is 0 Å². The maximum absolute atomic E-state index is 5.54. The van der Waals surface area contributed by atoms with E-state index in [9.17, 15) is 0 Å². The van der Waals surface area contributed by atoms with Crippen molar-refractivity contribution in [1.82, 2.24) is 4.90 Å². The molecule has 0 amide bonds. The number of hydrogen-bond acceptors (Lipinski definition) is 3. The summed E-state index contributed by atoms with van der Waals surface area (Å²) >= 11 is 0. The van der Waals surface area contributed by atoms with Crippen LogP contribution in [0.5, 0.6) is 0 Å². The van der Waals surface area contributed by atoms with Crippen molar-refractivity contribution in [2.45, 2.75) is 19.4 Å². The van der Waals surface area contributed by atoms with Gasteiger partial charge in [-0.2, -0.15) is 0 Å². The SMILES string of the molecule is CN(Cc1cccc(C#CCN)c1)CC1CCCOC1. The van der Waals surface area contributed by atoms with Crippen LogP contribution in [-0.4, -0.2) is 38.3 Å². The highest BCUT2D eigenvalue weighted by atomic mass is 16.5. The lowest BCUT2D eigenvalue weighted by Gasteiger charge is -2.27. The summed E-state index contributed by atoms with van der Waals surface area (Å²) < 4.78 is 5.54. The van der Waals surface area contributed by atoms with E-state index < -0.39 is 0 Å². The Hall–Kier alpha value is -1.34. The second-order valence-corrected chi connectivity index (χ2v) is 5.49. The zero-order valence-electron chi connectivity index (χ0n) is 12.3. The van der Waals surface area contributed by atoms with E-state index in [0.29, 0.717) is 12.5 Å². The highest BCUT2D eigenvalue weighted by molar-refractivity contribution is 5.37. The Balaban J connectivity index is 1.88. The Bertz CT molecular complexity index is 469. The minimum atomic E-state index is 0.409. The van der Waals surface area contributed by atoms with Crippen LogP contribution < -0.4 is 5.73 Å². The van der Waals surface area contributed by atoms with Gasteiger partial charge >= 0.3 is 0 Å². The summed E-state index contributed by atoms with van der Waals surface area (Å²) in [7, 11) is 2.17. The topological polar surface area (TPSA) is 38.5 Å². The monoisotopic (exact) mass is 272 g/mol. The van der Waals surface area contributed by atoms with E-state index in [0.717, 1.165) is 31.9 Å². The number of rotatable bonds is 4. The molecule has 0 aromatic heterocycles. The molecular formula is C17H24N2O.